The monoisotopic (exact) mass is 341 g/mol. The fourth-order valence-corrected chi connectivity index (χ4v) is 3.38. The molecule has 0 saturated carbocycles. The van der Waals surface area contributed by atoms with Gasteiger partial charge in [-0.15, -0.1) is 0 Å². The minimum absolute atomic E-state index is 0.655. The van der Waals surface area contributed by atoms with Crippen LogP contribution in [0.4, 0.5) is 5.69 Å². The zero-order valence-corrected chi connectivity index (χ0v) is 14.2. The third-order valence-electron chi connectivity index (χ3n) is 4.42. The minimum atomic E-state index is 0.655. The Morgan fingerprint density at radius 2 is 2.04 bits per heavy atom. The van der Waals surface area contributed by atoms with Crippen molar-refractivity contribution in [3.63, 3.8) is 0 Å². The maximum atomic E-state index is 6.04. The molecule has 3 aromatic rings. The molecule has 1 aromatic carbocycles. The molecule has 0 bridgehead atoms. The molecule has 2 N–H and O–H groups in total. The number of halogens is 1. The lowest BCUT2D eigenvalue weighted by Crippen LogP contribution is -2.18. The first-order chi connectivity index (χ1) is 11.8. The Kier molecular flexibility index (Phi) is 4.36. The van der Waals surface area contributed by atoms with Gasteiger partial charge in [-0.25, -0.2) is 4.98 Å². The molecule has 5 nitrogen and oxygen atoms in total. The molecule has 1 saturated heterocycles. The van der Waals surface area contributed by atoms with Gasteiger partial charge in [-0.3, -0.25) is 9.88 Å². The van der Waals surface area contributed by atoms with E-state index in [0.717, 1.165) is 29.0 Å². The summed E-state index contributed by atoms with van der Waals surface area (Å²) in [6.07, 6.45) is 6.35. The van der Waals surface area contributed by atoms with E-state index >= 15 is 0 Å². The first-order valence-corrected chi connectivity index (χ1v) is 8.69. The highest BCUT2D eigenvalue weighted by atomic mass is 35.5. The molecule has 2 aromatic heterocycles. The van der Waals surface area contributed by atoms with Crippen LogP contribution in [0.5, 0.6) is 0 Å². The number of nitrogens with one attached hydrogen (secondary N) is 2. The maximum absolute atomic E-state index is 6.04. The van der Waals surface area contributed by atoms with Crippen LogP contribution in [0.2, 0.25) is 5.02 Å². The number of aromatic nitrogens is 3. The quantitative estimate of drug-likeness (QED) is 0.740. The number of benzene rings is 1. The van der Waals surface area contributed by atoms with Crippen LogP contribution < -0.4 is 5.32 Å². The van der Waals surface area contributed by atoms with Crippen molar-refractivity contribution in [2.24, 2.45) is 0 Å². The number of rotatable bonds is 5. The number of anilines is 1. The van der Waals surface area contributed by atoms with E-state index in [-0.39, 0.29) is 0 Å². The average Bonchev–Trinajstić information content (AvgIpc) is 3.25. The van der Waals surface area contributed by atoms with E-state index in [1.54, 1.807) is 6.20 Å². The van der Waals surface area contributed by atoms with E-state index < -0.39 is 0 Å². The lowest BCUT2D eigenvalue weighted by molar-refractivity contribution is 0.327. The SMILES string of the molecule is Clc1ccc2c(NCc3ncc(CN4CCCC4)[nH]3)ccnc2c1. The van der Waals surface area contributed by atoms with Crippen molar-refractivity contribution in [3.05, 3.63) is 53.2 Å². The Hall–Kier alpha value is -2.11. The lowest BCUT2D eigenvalue weighted by Gasteiger charge is -2.12. The van der Waals surface area contributed by atoms with Crippen LogP contribution in [0.3, 0.4) is 0 Å². The highest BCUT2D eigenvalue weighted by Crippen LogP contribution is 2.24. The van der Waals surface area contributed by atoms with Crippen LogP contribution >= 0.6 is 11.6 Å². The van der Waals surface area contributed by atoms with Gasteiger partial charge in [0.15, 0.2) is 0 Å². The normalized spacial score (nSPS) is 15.2. The zero-order valence-electron chi connectivity index (χ0n) is 13.4. The summed E-state index contributed by atoms with van der Waals surface area (Å²) in [5.74, 6) is 0.947. The van der Waals surface area contributed by atoms with Crippen LogP contribution in [-0.2, 0) is 13.1 Å². The van der Waals surface area contributed by atoms with Gasteiger partial charge in [0, 0.05) is 40.7 Å². The van der Waals surface area contributed by atoms with E-state index in [9.17, 15) is 0 Å². The second-order valence-corrected chi connectivity index (χ2v) is 6.65. The standard InChI is InChI=1S/C18H20ClN5/c19-13-3-4-15-16(5-6-20-17(15)9-13)21-11-18-22-10-14(23-18)12-24-7-1-2-8-24/h3-6,9-10H,1-2,7-8,11-12H2,(H,20,21)(H,22,23). The second-order valence-electron chi connectivity index (χ2n) is 6.21. The number of aromatic amines is 1. The molecular weight excluding hydrogens is 322 g/mol. The maximum Gasteiger partial charge on any atom is 0.125 e. The van der Waals surface area contributed by atoms with E-state index in [1.807, 2.05) is 30.5 Å². The zero-order chi connectivity index (χ0) is 16.4. The first-order valence-electron chi connectivity index (χ1n) is 8.31. The van der Waals surface area contributed by atoms with Crippen molar-refractivity contribution in [3.8, 4) is 0 Å². The van der Waals surface area contributed by atoms with Gasteiger partial charge in [-0.2, -0.15) is 0 Å². The predicted octanol–water partition coefficient (Wildman–Crippen LogP) is 3.82. The Morgan fingerprint density at radius 3 is 2.92 bits per heavy atom. The number of hydrogen-bond acceptors (Lipinski definition) is 4. The van der Waals surface area contributed by atoms with Gasteiger partial charge in [0.05, 0.1) is 12.1 Å². The molecule has 124 valence electrons. The van der Waals surface area contributed by atoms with E-state index in [2.05, 4.69) is 25.2 Å². The Morgan fingerprint density at radius 1 is 1.17 bits per heavy atom. The summed E-state index contributed by atoms with van der Waals surface area (Å²) >= 11 is 6.04. The van der Waals surface area contributed by atoms with Crippen molar-refractivity contribution < 1.29 is 0 Å². The highest BCUT2D eigenvalue weighted by Gasteiger charge is 2.13. The second kappa shape index (κ2) is 6.79. The number of hydrogen-bond donors (Lipinski definition) is 2. The van der Waals surface area contributed by atoms with Crippen molar-refractivity contribution in [1.29, 1.82) is 0 Å². The highest BCUT2D eigenvalue weighted by molar-refractivity contribution is 6.31. The van der Waals surface area contributed by atoms with Crippen molar-refractivity contribution in [2.45, 2.75) is 25.9 Å². The fraction of sp³-hybridized carbons (Fsp3) is 0.333. The van der Waals surface area contributed by atoms with Crippen molar-refractivity contribution >= 4 is 28.2 Å². The number of likely N-dealkylation sites (tertiary alicyclic amines) is 1. The topological polar surface area (TPSA) is 56.8 Å². The smallest absolute Gasteiger partial charge is 0.125 e. The van der Waals surface area contributed by atoms with Gasteiger partial charge in [0.1, 0.15) is 5.82 Å². The molecule has 0 amide bonds. The molecule has 0 atom stereocenters. The Labute approximate surface area is 146 Å². The third-order valence-corrected chi connectivity index (χ3v) is 4.66. The van der Waals surface area contributed by atoms with E-state index in [0.29, 0.717) is 11.6 Å². The molecule has 4 rings (SSSR count). The van der Waals surface area contributed by atoms with Gasteiger partial charge in [-0.05, 0) is 50.2 Å². The number of fused-ring (bicyclic) bond motifs is 1. The Bertz CT molecular complexity index is 838. The van der Waals surface area contributed by atoms with Gasteiger partial charge >= 0.3 is 0 Å². The summed E-state index contributed by atoms with van der Waals surface area (Å²) in [4.78, 5) is 14.7. The summed E-state index contributed by atoms with van der Waals surface area (Å²) in [5, 5.41) is 5.20. The molecule has 0 aliphatic carbocycles. The number of nitrogens with zero attached hydrogens (tertiary/aromatic N) is 3. The van der Waals surface area contributed by atoms with Crippen LogP contribution in [0.15, 0.2) is 36.7 Å². The minimum Gasteiger partial charge on any atom is -0.377 e. The molecule has 0 radical (unpaired) electrons. The summed E-state index contributed by atoms with van der Waals surface area (Å²) in [7, 11) is 0. The number of pyridine rings is 1. The molecular formula is C18H20ClN5. The molecule has 1 aliphatic heterocycles. The largest absolute Gasteiger partial charge is 0.377 e. The van der Waals surface area contributed by atoms with E-state index in [4.69, 9.17) is 11.6 Å². The molecule has 6 heteroatoms. The van der Waals surface area contributed by atoms with Gasteiger partial charge in [-0.1, -0.05) is 11.6 Å². The van der Waals surface area contributed by atoms with Gasteiger partial charge < -0.3 is 10.3 Å². The summed E-state index contributed by atoms with van der Waals surface area (Å²) in [6, 6.07) is 7.74. The van der Waals surface area contributed by atoms with Crippen molar-refractivity contribution in [1.82, 2.24) is 19.9 Å². The molecule has 24 heavy (non-hydrogen) atoms. The third kappa shape index (κ3) is 3.37. The van der Waals surface area contributed by atoms with Crippen LogP contribution in [-0.4, -0.2) is 32.9 Å². The van der Waals surface area contributed by atoms with Gasteiger partial charge in [0.25, 0.3) is 0 Å². The van der Waals surface area contributed by atoms with Crippen LogP contribution in [0, 0.1) is 0 Å². The summed E-state index contributed by atoms with van der Waals surface area (Å²) in [5.41, 5.74) is 3.11. The predicted molar refractivity (Wildman–Crippen MR) is 97.2 cm³/mol. The van der Waals surface area contributed by atoms with E-state index in [1.165, 1.54) is 31.6 Å². The van der Waals surface area contributed by atoms with Crippen LogP contribution in [0.1, 0.15) is 24.4 Å². The molecule has 1 aliphatic rings. The summed E-state index contributed by atoms with van der Waals surface area (Å²) in [6.45, 7) is 4.00. The lowest BCUT2D eigenvalue weighted by atomic mass is 10.2. The van der Waals surface area contributed by atoms with Crippen LogP contribution in [0.25, 0.3) is 10.9 Å². The molecule has 0 spiro atoms. The average molecular weight is 342 g/mol. The molecule has 1 fully saturated rings. The first kappa shape index (κ1) is 15.4. The molecule has 3 heterocycles. The van der Waals surface area contributed by atoms with Gasteiger partial charge in [0.2, 0.25) is 0 Å². The fourth-order valence-electron chi connectivity index (χ4n) is 3.21. The summed E-state index contributed by atoms with van der Waals surface area (Å²) < 4.78 is 0. The van der Waals surface area contributed by atoms with Crippen molar-refractivity contribution in [2.75, 3.05) is 18.4 Å². The number of imidazole rings is 1. The Balaban J connectivity index is 1.44. The number of H-pyrrole nitrogens is 1. The molecule has 0 unspecified atom stereocenters.